The van der Waals surface area contributed by atoms with Crippen molar-refractivity contribution in [3.8, 4) is 0 Å². The van der Waals surface area contributed by atoms with Gasteiger partial charge in [-0.05, 0) is 18.2 Å². The highest BCUT2D eigenvalue weighted by molar-refractivity contribution is 8.03. The van der Waals surface area contributed by atoms with E-state index in [0.717, 1.165) is 17.1 Å². The number of anilines is 1. The van der Waals surface area contributed by atoms with Gasteiger partial charge in [0.05, 0.1) is 11.4 Å². The van der Waals surface area contributed by atoms with Crippen molar-refractivity contribution in [2.45, 2.75) is 5.50 Å². The Balaban J connectivity index is 2.00. The van der Waals surface area contributed by atoms with Crippen LogP contribution >= 0.6 is 11.8 Å². The first-order chi connectivity index (χ1) is 8.36. The quantitative estimate of drug-likeness (QED) is 0.850. The van der Waals surface area contributed by atoms with E-state index in [1.165, 1.54) is 0 Å². The number of rotatable bonds is 2. The lowest BCUT2D eigenvalue weighted by Crippen LogP contribution is -2.34. The lowest BCUT2D eigenvalue weighted by atomic mass is 10.2. The van der Waals surface area contributed by atoms with Gasteiger partial charge in [0.1, 0.15) is 5.50 Å². The summed E-state index contributed by atoms with van der Waals surface area (Å²) in [6.45, 7) is 0. The lowest BCUT2D eigenvalue weighted by Gasteiger charge is -2.25. The van der Waals surface area contributed by atoms with Crippen LogP contribution in [0.5, 0.6) is 0 Å². The predicted molar refractivity (Wildman–Crippen MR) is 71.1 cm³/mol. The molecule has 0 saturated heterocycles. The molecular weight excluding hydrogens is 232 g/mol. The predicted octanol–water partition coefficient (Wildman–Crippen LogP) is 2.20. The molecule has 1 aliphatic rings. The summed E-state index contributed by atoms with van der Waals surface area (Å²) in [6.07, 6.45) is 1.74. The lowest BCUT2D eigenvalue weighted by molar-refractivity contribution is 0.929. The van der Waals surface area contributed by atoms with Crippen molar-refractivity contribution in [3.05, 3.63) is 53.7 Å². The van der Waals surface area contributed by atoms with Gasteiger partial charge in [-0.15, -0.1) is 0 Å². The zero-order chi connectivity index (χ0) is 11.7. The van der Waals surface area contributed by atoms with E-state index in [2.05, 4.69) is 32.6 Å². The number of nitrogens with zero attached hydrogens (tertiary/aromatic N) is 2. The summed E-state index contributed by atoms with van der Waals surface area (Å²) in [6, 6.07) is 12.1. The minimum absolute atomic E-state index is 0.0873. The SMILES string of the molecule is NC1SC=C(c2ccn[nH]2)N1c1ccccc1. The first kappa shape index (κ1) is 10.4. The minimum atomic E-state index is -0.0873. The summed E-state index contributed by atoms with van der Waals surface area (Å²) in [7, 11) is 0. The molecule has 4 nitrogen and oxygen atoms in total. The van der Waals surface area contributed by atoms with Crippen LogP contribution in [0.2, 0.25) is 0 Å². The average molecular weight is 244 g/mol. The number of H-pyrrole nitrogens is 1. The van der Waals surface area contributed by atoms with Crippen LogP contribution in [0.1, 0.15) is 5.69 Å². The third-order valence-electron chi connectivity index (χ3n) is 2.64. The van der Waals surface area contributed by atoms with Gasteiger partial charge in [-0.25, -0.2) is 0 Å². The van der Waals surface area contributed by atoms with Gasteiger partial charge < -0.3 is 10.6 Å². The fraction of sp³-hybridized carbons (Fsp3) is 0.0833. The molecule has 0 amide bonds. The molecule has 0 radical (unpaired) electrons. The maximum absolute atomic E-state index is 6.11. The van der Waals surface area contributed by atoms with E-state index in [0.29, 0.717) is 0 Å². The van der Waals surface area contributed by atoms with Crippen LogP contribution in [0.4, 0.5) is 5.69 Å². The largest absolute Gasteiger partial charge is 0.314 e. The second kappa shape index (κ2) is 4.27. The van der Waals surface area contributed by atoms with Crippen LogP contribution in [0, 0.1) is 0 Å². The number of para-hydroxylation sites is 1. The maximum atomic E-state index is 6.11. The molecule has 5 heteroatoms. The van der Waals surface area contributed by atoms with Crippen molar-refractivity contribution in [1.29, 1.82) is 0 Å². The number of benzene rings is 1. The molecule has 1 unspecified atom stereocenters. The number of nitrogens with two attached hydrogens (primary N) is 1. The van der Waals surface area contributed by atoms with E-state index in [9.17, 15) is 0 Å². The molecule has 0 saturated carbocycles. The summed E-state index contributed by atoms with van der Waals surface area (Å²) in [4.78, 5) is 2.10. The Bertz CT molecular complexity index is 521. The highest BCUT2D eigenvalue weighted by Gasteiger charge is 2.26. The number of hydrogen-bond donors (Lipinski definition) is 2. The van der Waals surface area contributed by atoms with Crippen LogP contribution in [0.25, 0.3) is 5.70 Å². The van der Waals surface area contributed by atoms with Gasteiger partial charge in [-0.3, -0.25) is 5.10 Å². The fourth-order valence-corrected chi connectivity index (χ4v) is 2.72. The Kier molecular flexibility index (Phi) is 2.62. The fourth-order valence-electron chi connectivity index (χ4n) is 1.86. The molecule has 86 valence electrons. The first-order valence-corrected chi connectivity index (χ1v) is 6.26. The zero-order valence-corrected chi connectivity index (χ0v) is 9.89. The van der Waals surface area contributed by atoms with Crippen LogP contribution in [-0.2, 0) is 0 Å². The van der Waals surface area contributed by atoms with Crippen molar-refractivity contribution in [3.63, 3.8) is 0 Å². The molecule has 3 rings (SSSR count). The Morgan fingerprint density at radius 3 is 2.76 bits per heavy atom. The molecular formula is C12H12N4S. The first-order valence-electron chi connectivity index (χ1n) is 5.31. The summed E-state index contributed by atoms with van der Waals surface area (Å²) in [5, 5.41) is 9.01. The highest BCUT2D eigenvalue weighted by Crippen LogP contribution is 2.37. The standard InChI is InChI=1S/C12H12N4S/c13-12-16(9-4-2-1-3-5-9)11(8-17-12)10-6-7-14-15-10/h1-8,12H,13H2,(H,14,15). The van der Waals surface area contributed by atoms with Crippen molar-refractivity contribution in [2.75, 3.05) is 4.90 Å². The molecule has 1 atom stereocenters. The molecule has 0 aliphatic carbocycles. The summed E-state index contributed by atoms with van der Waals surface area (Å²) >= 11 is 1.60. The number of aromatic amines is 1. The van der Waals surface area contributed by atoms with E-state index in [1.807, 2.05) is 24.3 Å². The van der Waals surface area contributed by atoms with Gasteiger partial charge in [0, 0.05) is 17.3 Å². The average Bonchev–Trinajstić information content (AvgIpc) is 2.98. The number of nitrogens with one attached hydrogen (secondary N) is 1. The molecule has 0 fully saturated rings. The van der Waals surface area contributed by atoms with Crippen LogP contribution in [0.3, 0.4) is 0 Å². The van der Waals surface area contributed by atoms with E-state index < -0.39 is 0 Å². The number of thioether (sulfide) groups is 1. The van der Waals surface area contributed by atoms with Gasteiger partial charge in [0.2, 0.25) is 0 Å². The van der Waals surface area contributed by atoms with E-state index in [1.54, 1.807) is 18.0 Å². The highest BCUT2D eigenvalue weighted by atomic mass is 32.2. The monoisotopic (exact) mass is 244 g/mol. The van der Waals surface area contributed by atoms with Crippen molar-refractivity contribution >= 4 is 23.1 Å². The summed E-state index contributed by atoms with van der Waals surface area (Å²) in [5.74, 6) is 0. The van der Waals surface area contributed by atoms with Gasteiger partial charge in [0.15, 0.2) is 0 Å². The normalized spacial score (nSPS) is 19.5. The van der Waals surface area contributed by atoms with Gasteiger partial charge in [0.25, 0.3) is 0 Å². The van der Waals surface area contributed by atoms with Crippen molar-refractivity contribution in [1.82, 2.24) is 10.2 Å². The van der Waals surface area contributed by atoms with Crippen LogP contribution in [0.15, 0.2) is 48.0 Å². The molecule has 0 bridgehead atoms. The third kappa shape index (κ3) is 1.83. The van der Waals surface area contributed by atoms with Crippen LogP contribution in [-0.4, -0.2) is 15.7 Å². The Morgan fingerprint density at radius 1 is 1.24 bits per heavy atom. The number of aromatic nitrogens is 2. The van der Waals surface area contributed by atoms with Gasteiger partial charge in [-0.2, -0.15) is 5.10 Å². The summed E-state index contributed by atoms with van der Waals surface area (Å²) in [5.41, 5.74) is 9.15. The van der Waals surface area contributed by atoms with Gasteiger partial charge >= 0.3 is 0 Å². The third-order valence-corrected chi connectivity index (χ3v) is 3.49. The molecule has 17 heavy (non-hydrogen) atoms. The summed E-state index contributed by atoms with van der Waals surface area (Å²) < 4.78 is 0. The second-order valence-corrected chi connectivity index (χ2v) is 4.70. The van der Waals surface area contributed by atoms with Crippen molar-refractivity contribution < 1.29 is 0 Å². The van der Waals surface area contributed by atoms with E-state index >= 15 is 0 Å². The topological polar surface area (TPSA) is 57.9 Å². The van der Waals surface area contributed by atoms with E-state index in [4.69, 9.17) is 5.73 Å². The Morgan fingerprint density at radius 2 is 2.06 bits per heavy atom. The smallest absolute Gasteiger partial charge is 0.134 e. The van der Waals surface area contributed by atoms with E-state index in [-0.39, 0.29) is 5.50 Å². The maximum Gasteiger partial charge on any atom is 0.134 e. The Labute approximate surface area is 104 Å². The van der Waals surface area contributed by atoms with Crippen molar-refractivity contribution in [2.24, 2.45) is 5.73 Å². The van der Waals surface area contributed by atoms with Gasteiger partial charge in [-0.1, -0.05) is 30.0 Å². The molecule has 2 aromatic rings. The minimum Gasteiger partial charge on any atom is -0.314 e. The zero-order valence-electron chi connectivity index (χ0n) is 9.08. The molecule has 1 aromatic carbocycles. The molecule has 1 aromatic heterocycles. The van der Waals surface area contributed by atoms with Crippen LogP contribution < -0.4 is 10.6 Å². The second-order valence-electron chi connectivity index (χ2n) is 3.71. The molecule has 2 heterocycles. The molecule has 1 aliphatic heterocycles. The Hall–Kier alpha value is -1.72. The molecule has 3 N–H and O–H groups in total. The number of hydrogen-bond acceptors (Lipinski definition) is 4. The molecule has 0 spiro atoms.